The molecule has 0 bridgehead atoms. The van der Waals surface area contributed by atoms with E-state index in [1.165, 1.54) is 12.1 Å². The van der Waals surface area contributed by atoms with Crippen molar-refractivity contribution in [1.29, 1.82) is 0 Å². The van der Waals surface area contributed by atoms with Gasteiger partial charge in [0.25, 0.3) is 5.89 Å². The number of aromatic carboxylic acids is 1. The van der Waals surface area contributed by atoms with E-state index < -0.39 is 5.97 Å². The number of rotatable bonds is 4. The summed E-state index contributed by atoms with van der Waals surface area (Å²) in [6.07, 6.45) is 0. The zero-order valence-corrected chi connectivity index (χ0v) is 11.5. The average Bonchev–Trinajstić information content (AvgIpc) is 2.74. The summed E-state index contributed by atoms with van der Waals surface area (Å²) >= 11 is 2.06. The number of hydrogen-bond donors (Lipinski definition) is 1. The lowest BCUT2D eigenvalue weighted by atomic mass is 10.2. The third-order valence-corrected chi connectivity index (χ3v) is 2.99. The molecule has 1 aromatic heterocycles. The van der Waals surface area contributed by atoms with Gasteiger partial charge in [0.05, 0.1) is 9.13 Å². The van der Waals surface area contributed by atoms with E-state index in [1.807, 2.05) is 0 Å². The van der Waals surface area contributed by atoms with Crippen LogP contribution in [0.5, 0.6) is 5.75 Å². The molecule has 7 heteroatoms. The van der Waals surface area contributed by atoms with Gasteiger partial charge in [0.2, 0.25) is 0 Å². The van der Waals surface area contributed by atoms with Gasteiger partial charge in [-0.15, -0.1) is 0 Å². The van der Waals surface area contributed by atoms with Crippen LogP contribution < -0.4 is 4.74 Å². The minimum atomic E-state index is -0.995. The third kappa shape index (κ3) is 2.97. The molecule has 1 heterocycles. The number of carbonyl (C=O) groups is 1. The second-order valence-electron chi connectivity index (χ2n) is 3.47. The summed E-state index contributed by atoms with van der Waals surface area (Å²) in [6, 6.07) is 4.67. The summed E-state index contributed by atoms with van der Waals surface area (Å²) in [6.45, 7) is 1.82. The molecule has 94 valence electrons. The number of benzene rings is 1. The van der Waals surface area contributed by atoms with Gasteiger partial charge >= 0.3 is 5.97 Å². The van der Waals surface area contributed by atoms with Crippen LogP contribution in [0.1, 0.15) is 22.1 Å². The van der Waals surface area contributed by atoms with Crippen molar-refractivity contribution >= 4 is 28.6 Å². The van der Waals surface area contributed by atoms with Crippen molar-refractivity contribution in [3.05, 3.63) is 39.0 Å². The Bertz CT molecular complexity index is 582. The maximum atomic E-state index is 10.8. The van der Waals surface area contributed by atoms with Crippen LogP contribution in [0.15, 0.2) is 22.7 Å². The highest BCUT2D eigenvalue weighted by Gasteiger charge is 2.10. The molecular weight excluding hydrogens is 351 g/mol. The van der Waals surface area contributed by atoms with Crippen molar-refractivity contribution in [3.8, 4) is 5.75 Å². The maximum absolute atomic E-state index is 10.8. The normalized spacial score (nSPS) is 10.3. The number of carboxylic acids is 1. The first-order chi connectivity index (χ1) is 8.56. The number of halogens is 1. The Labute approximate surface area is 116 Å². The Balaban J connectivity index is 2.13. The average molecular weight is 360 g/mol. The summed E-state index contributed by atoms with van der Waals surface area (Å²) in [5.74, 6) is 0.364. The van der Waals surface area contributed by atoms with Crippen LogP contribution in [0.4, 0.5) is 0 Å². The predicted molar refractivity (Wildman–Crippen MR) is 69.5 cm³/mol. The first-order valence-corrected chi connectivity index (χ1v) is 6.09. The minimum Gasteiger partial charge on any atom is -0.483 e. The maximum Gasteiger partial charge on any atom is 0.335 e. The zero-order chi connectivity index (χ0) is 13.1. The molecule has 0 spiro atoms. The Kier molecular flexibility index (Phi) is 3.80. The quantitative estimate of drug-likeness (QED) is 0.842. The van der Waals surface area contributed by atoms with E-state index in [-0.39, 0.29) is 12.2 Å². The van der Waals surface area contributed by atoms with Crippen molar-refractivity contribution in [1.82, 2.24) is 10.1 Å². The van der Waals surface area contributed by atoms with Crippen LogP contribution in [0, 0.1) is 10.5 Å². The van der Waals surface area contributed by atoms with Crippen molar-refractivity contribution in [2.24, 2.45) is 0 Å². The molecule has 0 saturated carbocycles. The van der Waals surface area contributed by atoms with Crippen LogP contribution in [0.25, 0.3) is 0 Å². The van der Waals surface area contributed by atoms with E-state index in [0.717, 1.165) is 3.57 Å². The van der Waals surface area contributed by atoms with Gasteiger partial charge < -0.3 is 14.4 Å². The van der Waals surface area contributed by atoms with Crippen molar-refractivity contribution in [3.63, 3.8) is 0 Å². The van der Waals surface area contributed by atoms with Gasteiger partial charge in [-0.2, -0.15) is 4.98 Å². The molecule has 0 saturated heterocycles. The topological polar surface area (TPSA) is 85.5 Å². The predicted octanol–water partition coefficient (Wildman–Crippen LogP) is 2.26. The Hall–Kier alpha value is -1.64. The van der Waals surface area contributed by atoms with Crippen LogP contribution >= 0.6 is 22.6 Å². The van der Waals surface area contributed by atoms with Gasteiger partial charge in [0, 0.05) is 0 Å². The molecule has 1 N–H and O–H groups in total. The second kappa shape index (κ2) is 5.34. The highest BCUT2D eigenvalue weighted by Crippen LogP contribution is 2.23. The van der Waals surface area contributed by atoms with Gasteiger partial charge in [0.1, 0.15) is 5.75 Å². The number of hydrogen-bond acceptors (Lipinski definition) is 5. The van der Waals surface area contributed by atoms with E-state index in [4.69, 9.17) is 14.4 Å². The molecule has 0 aliphatic carbocycles. The molecule has 2 rings (SSSR count). The molecule has 0 atom stereocenters. The molecule has 6 nitrogen and oxygen atoms in total. The van der Waals surface area contributed by atoms with Gasteiger partial charge in [-0.1, -0.05) is 5.16 Å². The highest BCUT2D eigenvalue weighted by atomic mass is 127. The molecule has 1 aromatic carbocycles. The van der Waals surface area contributed by atoms with Gasteiger partial charge in [-0.25, -0.2) is 4.79 Å². The Morgan fingerprint density at radius 1 is 1.56 bits per heavy atom. The number of aryl methyl sites for hydroxylation is 1. The molecule has 0 aliphatic heterocycles. The fourth-order valence-corrected chi connectivity index (χ4v) is 1.78. The fraction of sp³-hybridized carbons (Fsp3) is 0.182. The van der Waals surface area contributed by atoms with Crippen molar-refractivity contribution in [2.75, 3.05) is 0 Å². The van der Waals surface area contributed by atoms with Crippen LogP contribution in [-0.2, 0) is 6.61 Å². The largest absolute Gasteiger partial charge is 0.483 e. The first-order valence-electron chi connectivity index (χ1n) is 5.01. The molecule has 2 aromatic rings. The first kappa shape index (κ1) is 12.8. The van der Waals surface area contributed by atoms with Gasteiger partial charge in [-0.3, -0.25) is 0 Å². The summed E-state index contributed by atoms with van der Waals surface area (Å²) < 4.78 is 11.2. The SMILES string of the molecule is Cc1noc(COc2cc(C(=O)O)ccc2I)n1. The summed E-state index contributed by atoms with van der Waals surface area (Å²) in [5.41, 5.74) is 0.173. The minimum absolute atomic E-state index is 0.111. The molecule has 0 unspecified atom stereocenters. The van der Waals surface area contributed by atoms with Gasteiger partial charge in [0.15, 0.2) is 12.4 Å². The third-order valence-electron chi connectivity index (χ3n) is 2.10. The lowest BCUT2D eigenvalue weighted by Gasteiger charge is -2.06. The summed E-state index contributed by atoms with van der Waals surface area (Å²) in [4.78, 5) is 14.8. The number of nitrogens with zero attached hydrogens (tertiary/aromatic N) is 2. The molecular formula is C11H9IN2O4. The number of aromatic nitrogens is 2. The standard InChI is InChI=1S/C11H9IN2O4/c1-6-13-10(18-14-6)5-17-9-4-7(11(15)16)2-3-8(9)12/h2-4H,5H2,1H3,(H,15,16). The summed E-state index contributed by atoms with van der Waals surface area (Å²) in [5, 5.41) is 12.5. The molecule has 0 fully saturated rings. The monoisotopic (exact) mass is 360 g/mol. The lowest BCUT2D eigenvalue weighted by molar-refractivity contribution is 0.0696. The number of carboxylic acid groups (broad SMARTS) is 1. The van der Waals surface area contributed by atoms with E-state index in [2.05, 4.69) is 32.7 Å². The second-order valence-corrected chi connectivity index (χ2v) is 4.64. The van der Waals surface area contributed by atoms with Crippen molar-refractivity contribution < 1.29 is 19.2 Å². The van der Waals surface area contributed by atoms with E-state index >= 15 is 0 Å². The van der Waals surface area contributed by atoms with E-state index in [1.54, 1.807) is 13.0 Å². The zero-order valence-electron chi connectivity index (χ0n) is 9.38. The fourth-order valence-electron chi connectivity index (χ4n) is 1.29. The number of ether oxygens (including phenoxy) is 1. The molecule has 0 radical (unpaired) electrons. The van der Waals surface area contributed by atoms with Gasteiger partial charge in [-0.05, 0) is 47.7 Å². The molecule has 18 heavy (non-hydrogen) atoms. The van der Waals surface area contributed by atoms with Crippen LogP contribution in [0.2, 0.25) is 0 Å². The Morgan fingerprint density at radius 2 is 2.33 bits per heavy atom. The Morgan fingerprint density at radius 3 is 2.94 bits per heavy atom. The van der Waals surface area contributed by atoms with Crippen molar-refractivity contribution in [2.45, 2.75) is 13.5 Å². The molecule has 0 amide bonds. The highest BCUT2D eigenvalue weighted by molar-refractivity contribution is 14.1. The lowest BCUT2D eigenvalue weighted by Crippen LogP contribution is -2.01. The van der Waals surface area contributed by atoms with E-state index in [9.17, 15) is 4.79 Å². The van der Waals surface area contributed by atoms with Crippen LogP contribution in [0.3, 0.4) is 0 Å². The van der Waals surface area contributed by atoms with E-state index in [0.29, 0.717) is 17.5 Å². The smallest absolute Gasteiger partial charge is 0.335 e. The van der Waals surface area contributed by atoms with Crippen LogP contribution in [-0.4, -0.2) is 21.2 Å². The summed E-state index contributed by atoms with van der Waals surface area (Å²) in [7, 11) is 0. The molecule has 0 aliphatic rings.